The van der Waals surface area contributed by atoms with Crippen LogP contribution in [-0.4, -0.2) is 37.8 Å². The first-order valence-electron chi connectivity index (χ1n) is 7.46. The SMILES string of the molecule is COc1ccc([N+](=O)[O-])cc1N(CC(N)=O)S(=O)(=O)c1cccc([N+](=O)[O-])c1. The highest BCUT2D eigenvalue weighted by Gasteiger charge is 2.31. The number of anilines is 1. The molecule has 28 heavy (non-hydrogen) atoms. The zero-order chi connectivity index (χ0) is 21.1. The third-order valence-corrected chi connectivity index (χ3v) is 5.31. The van der Waals surface area contributed by atoms with Crippen molar-refractivity contribution in [1.82, 2.24) is 0 Å². The van der Waals surface area contributed by atoms with Gasteiger partial charge in [0.1, 0.15) is 18.0 Å². The first-order valence-corrected chi connectivity index (χ1v) is 8.90. The van der Waals surface area contributed by atoms with Gasteiger partial charge in [-0.1, -0.05) is 6.07 Å². The highest BCUT2D eigenvalue weighted by Crippen LogP contribution is 2.35. The van der Waals surface area contributed by atoms with Crippen molar-refractivity contribution >= 4 is 33.0 Å². The van der Waals surface area contributed by atoms with E-state index < -0.39 is 48.6 Å². The Balaban J connectivity index is 2.72. The van der Waals surface area contributed by atoms with Crippen LogP contribution >= 0.6 is 0 Å². The van der Waals surface area contributed by atoms with E-state index in [0.29, 0.717) is 4.31 Å². The maximum Gasteiger partial charge on any atom is 0.271 e. The minimum atomic E-state index is -4.55. The number of nitro benzene ring substituents is 2. The maximum absolute atomic E-state index is 13.1. The van der Waals surface area contributed by atoms with Gasteiger partial charge in [-0.15, -0.1) is 0 Å². The minimum Gasteiger partial charge on any atom is -0.495 e. The smallest absolute Gasteiger partial charge is 0.271 e. The van der Waals surface area contributed by atoms with Crippen LogP contribution in [0.3, 0.4) is 0 Å². The third kappa shape index (κ3) is 4.15. The standard InChI is InChI=1S/C15H14N4O8S/c1-27-14-6-5-11(19(23)24)8-13(14)17(9-15(16)20)28(25,26)12-4-2-3-10(7-12)18(21)22/h2-8H,9H2,1H3,(H2,16,20). The molecular formula is C15H14N4O8S. The summed E-state index contributed by atoms with van der Waals surface area (Å²) in [7, 11) is -3.35. The van der Waals surface area contributed by atoms with Crippen molar-refractivity contribution < 1.29 is 27.8 Å². The van der Waals surface area contributed by atoms with Gasteiger partial charge in [-0.2, -0.15) is 0 Å². The second kappa shape index (κ2) is 7.87. The number of nitrogens with zero attached hydrogens (tertiary/aromatic N) is 3. The summed E-state index contributed by atoms with van der Waals surface area (Å²) < 4.78 is 31.7. The summed E-state index contributed by atoms with van der Waals surface area (Å²) >= 11 is 0. The molecule has 148 valence electrons. The number of nitrogens with two attached hydrogens (primary N) is 1. The van der Waals surface area contributed by atoms with Gasteiger partial charge in [0.2, 0.25) is 5.91 Å². The fraction of sp³-hybridized carbons (Fsp3) is 0.133. The summed E-state index contributed by atoms with van der Waals surface area (Å²) in [6.45, 7) is -0.872. The molecule has 0 aliphatic heterocycles. The Morgan fingerprint density at radius 1 is 1.11 bits per heavy atom. The van der Waals surface area contributed by atoms with Crippen LogP contribution in [0.5, 0.6) is 5.75 Å². The molecule has 0 spiro atoms. The van der Waals surface area contributed by atoms with Crippen LogP contribution in [0.25, 0.3) is 0 Å². The molecule has 0 saturated carbocycles. The fourth-order valence-electron chi connectivity index (χ4n) is 2.31. The summed E-state index contributed by atoms with van der Waals surface area (Å²) in [6.07, 6.45) is 0. The van der Waals surface area contributed by atoms with Crippen LogP contribution in [0.2, 0.25) is 0 Å². The zero-order valence-corrected chi connectivity index (χ0v) is 15.2. The topological polar surface area (TPSA) is 176 Å². The average molecular weight is 410 g/mol. The molecule has 0 bridgehead atoms. The molecule has 0 aliphatic carbocycles. The number of amides is 1. The van der Waals surface area contributed by atoms with E-state index in [-0.39, 0.29) is 11.4 Å². The van der Waals surface area contributed by atoms with Gasteiger partial charge in [0.05, 0.1) is 21.9 Å². The second-order valence-corrected chi connectivity index (χ2v) is 7.21. The molecule has 0 heterocycles. The number of carbonyl (C=O) groups excluding carboxylic acids is 1. The van der Waals surface area contributed by atoms with E-state index in [2.05, 4.69) is 0 Å². The van der Waals surface area contributed by atoms with Crippen LogP contribution in [0.1, 0.15) is 0 Å². The van der Waals surface area contributed by atoms with E-state index in [1.807, 2.05) is 0 Å². The van der Waals surface area contributed by atoms with Crippen molar-refractivity contribution in [2.24, 2.45) is 5.73 Å². The predicted octanol–water partition coefficient (Wildman–Crippen LogP) is 1.19. The number of non-ortho nitro benzene ring substituents is 2. The van der Waals surface area contributed by atoms with E-state index in [4.69, 9.17) is 10.5 Å². The van der Waals surface area contributed by atoms with Gasteiger partial charge in [0.15, 0.2) is 0 Å². The fourth-order valence-corrected chi connectivity index (χ4v) is 3.79. The molecule has 13 heteroatoms. The molecule has 2 aromatic rings. The van der Waals surface area contributed by atoms with Crippen LogP contribution in [0.4, 0.5) is 17.1 Å². The maximum atomic E-state index is 13.1. The number of carbonyl (C=O) groups is 1. The van der Waals surface area contributed by atoms with Crippen LogP contribution in [-0.2, 0) is 14.8 Å². The van der Waals surface area contributed by atoms with Gasteiger partial charge < -0.3 is 10.5 Å². The average Bonchev–Trinajstić information content (AvgIpc) is 2.65. The van der Waals surface area contributed by atoms with Crippen LogP contribution in [0.15, 0.2) is 47.4 Å². The van der Waals surface area contributed by atoms with Gasteiger partial charge in [-0.3, -0.25) is 29.3 Å². The summed E-state index contributed by atoms with van der Waals surface area (Å²) in [6, 6.07) is 7.27. The van der Waals surface area contributed by atoms with Gasteiger partial charge in [-0.25, -0.2) is 8.42 Å². The number of methoxy groups -OCH3 is 1. The van der Waals surface area contributed by atoms with Crippen molar-refractivity contribution in [3.05, 3.63) is 62.7 Å². The van der Waals surface area contributed by atoms with E-state index >= 15 is 0 Å². The first kappa shape index (κ1) is 20.6. The molecule has 0 atom stereocenters. The predicted molar refractivity (Wildman–Crippen MR) is 96.5 cm³/mol. The lowest BCUT2D eigenvalue weighted by atomic mass is 10.2. The van der Waals surface area contributed by atoms with Crippen molar-refractivity contribution in [2.45, 2.75) is 4.90 Å². The van der Waals surface area contributed by atoms with Crippen molar-refractivity contribution in [3.63, 3.8) is 0 Å². The Bertz CT molecular complexity index is 1050. The molecular weight excluding hydrogens is 396 g/mol. The molecule has 0 saturated heterocycles. The summed E-state index contributed by atoms with van der Waals surface area (Å²) in [5.41, 5.74) is 3.87. The Morgan fingerprint density at radius 2 is 1.71 bits per heavy atom. The molecule has 1 amide bonds. The Morgan fingerprint density at radius 3 is 2.25 bits per heavy atom. The van der Waals surface area contributed by atoms with Crippen molar-refractivity contribution in [3.8, 4) is 5.75 Å². The molecule has 2 aromatic carbocycles. The normalized spacial score (nSPS) is 10.9. The van der Waals surface area contributed by atoms with Crippen LogP contribution < -0.4 is 14.8 Å². The number of rotatable bonds is 8. The summed E-state index contributed by atoms with van der Waals surface area (Å²) in [5.74, 6) is -1.14. The Labute approximate surface area is 158 Å². The van der Waals surface area contributed by atoms with Gasteiger partial charge in [-0.05, 0) is 12.1 Å². The highest BCUT2D eigenvalue weighted by atomic mass is 32.2. The monoisotopic (exact) mass is 410 g/mol. The van der Waals surface area contributed by atoms with E-state index in [9.17, 15) is 33.4 Å². The molecule has 0 aromatic heterocycles. The van der Waals surface area contributed by atoms with E-state index in [1.165, 1.54) is 7.11 Å². The zero-order valence-electron chi connectivity index (χ0n) is 14.3. The number of nitro groups is 2. The largest absolute Gasteiger partial charge is 0.495 e. The molecule has 0 unspecified atom stereocenters. The lowest BCUT2D eigenvalue weighted by molar-refractivity contribution is -0.385. The lowest BCUT2D eigenvalue weighted by Gasteiger charge is -2.24. The Kier molecular flexibility index (Phi) is 5.78. The van der Waals surface area contributed by atoms with Gasteiger partial charge >= 0.3 is 0 Å². The molecule has 12 nitrogen and oxygen atoms in total. The number of hydrogen-bond donors (Lipinski definition) is 1. The van der Waals surface area contributed by atoms with Crippen molar-refractivity contribution in [1.29, 1.82) is 0 Å². The van der Waals surface area contributed by atoms with E-state index in [1.54, 1.807) is 0 Å². The second-order valence-electron chi connectivity index (χ2n) is 5.35. The molecule has 2 rings (SSSR count). The molecule has 0 radical (unpaired) electrons. The minimum absolute atomic E-state index is 0.0825. The van der Waals surface area contributed by atoms with Crippen LogP contribution in [0, 0.1) is 20.2 Å². The summed E-state index contributed by atoms with van der Waals surface area (Å²) in [4.78, 5) is 31.5. The highest BCUT2D eigenvalue weighted by molar-refractivity contribution is 7.92. The number of primary amides is 1. The van der Waals surface area contributed by atoms with Gasteiger partial charge in [0, 0.05) is 24.3 Å². The third-order valence-electron chi connectivity index (χ3n) is 3.56. The van der Waals surface area contributed by atoms with Gasteiger partial charge in [0.25, 0.3) is 21.4 Å². The van der Waals surface area contributed by atoms with Crippen molar-refractivity contribution in [2.75, 3.05) is 18.0 Å². The number of sulfonamides is 1. The molecule has 2 N–H and O–H groups in total. The molecule has 0 fully saturated rings. The molecule has 0 aliphatic rings. The number of benzene rings is 2. The number of ether oxygens (including phenoxy) is 1. The van der Waals surface area contributed by atoms with E-state index in [0.717, 1.165) is 42.5 Å². The lowest BCUT2D eigenvalue weighted by Crippen LogP contribution is -2.38. The quantitative estimate of drug-likeness (QED) is 0.498. The Hall–Kier alpha value is -3.74. The first-order chi connectivity index (χ1) is 13.1. The number of hydrogen-bond acceptors (Lipinski definition) is 8. The summed E-state index contributed by atoms with van der Waals surface area (Å²) in [5, 5.41) is 22.0.